The molecule has 20 heavy (non-hydrogen) atoms. The van der Waals surface area contributed by atoms with Crippen molar-refractivity contribution in [1.29, 1.82) is 0 Å². The molecule has 100 valence electrons. The molecule has 0 saturated heterocycles. The molecule has 0 aliphatic rings. The number of ketones is 1. The van der Waals surface area contributed by atoms with Crippen molar-refractivity contribution in [3.63, 3.8) is 0 Å². The third-order valence-corrected chi connectivity index (χ3v) is 3.58. The molecule has 2 aromatic carbocycles. The lowest BCUT2D eigenvalue weighted by Gasteiger charge is -2.03. The molecule has 0 aliphatic carbocycles. The van der Waals surface area contributed by atoms with Crippen LogP contribution >= 0.6 is 23.2 Å². The first-order chi connectivity index (χ1) is 9.58. The fraction of sp³-hybridized carbons (Fsp3) is 0. The summed E-state index contributed by atoms with van der Waals surface area (Å²) in [5.41, 5.74) is 0.980. The number of H-pyrrole nitrogens is 1. The third-order valence-electron chi connectivity index (χ3n) is 3.06. The summed E-state index contributed by atoms with van der Waals surface area (Å²) in [4.78, 5) is 15.4. The molecule has 0 spiro atoms. The Hall–Kier alpha value is -1.84. The van der Waals surface area contributed by atoms with Gasteiger partial charge in [-0.15, -0.1) is 0 Å². The van der Waals surface area contributed by atoms with Gasteiger partial charge in [-0.05, 0) is 24.3 Å². The third kappa shape index (κ3) is 2.09. The van der Waals surface area contributed by atoms with Crippen molar-refractivity contribution >= 4 is 39.9 Å². The van der Waals surface area contributed by atoms with E-state index in [1.807, 2.05) is 0 Å². The number of nitrogens with one attached hydrogen (secondary N) is 1. The number of hydrogen-bond acceptors (Lipinski definition) is 1. The highest BCUT2D eigenvalue weighted by Crippen LogP contribution is 2.31. The summed E-state index contributed by atoms with van der Waals surface area (Å²) in [5, 5.41) is 1.37. The molecule has 0 bridgehead atoms. The quantitative estimate of drug-likeness (QED) is 0.675. The molecular formula is C15H8Cl2FNO. The zero-order valence-electron chi connectivity index (χ0n) is 10.1. The Balaban J connectivity index is 2.21. The van der Waals surface area contributed by atoms with E-state index in [9.17, 15) is 9.18 Å². The summed E-state index contributed by atoms with van der Waals surface area (Å²) in [6.45, 7) is 0. The van der Waals surface area contributed by atoms with Crippen LogP contribution < -0.4 is 0 Å². The Morgan fingerprint density at radius 3 is 2.60 bits per heavy atom. The number of halogens is 3. The van der Waals surface area contributed by atoms with E-state index in [4.69, 9.17) is 23.2 Å². The molecule has 0 unspecified atom stereocenters. The molecule has 0 radical (unpaired) electrons. The fourth-order valence-corrected chi connectivity index (χ4v) is 2.75. The topological polar surface area (TPSA) is 32.9 Å². The summed E-state index contributed by atoms with van der Waals surface area (Å²) in [5.74, 6) is -0.976. The Morgan fingerprint density at radius 2 is 1.85 bits per heavy atom. The van der Waals surface area contributed by atoms with Crippen LogP contribution in [0.3, 0.4) is 0 Å². The van der Waals surface area contributed by atoms with Crippen LogP contribution in [0.2, 0.25) is 10.0 Å². The van der Waals surface area contributed by atoms with Crippen molar-refractivity contribution in [3.8, 4) is 0 Å². The second kappa shape index (κ2) is 4.93. The van der Waals surface area contributed by atoms with Crippen LogP contribution in [0.4, 0.5) is 4.39 Å². The standard InChI is InChI=1S/C15H8Cl2FNO/c16-8-5-11(17)14-10(7-19-13(14)6-8)15(20)9-3-1-2-4-12(9)18/h1-7,19H. The van der Waals surface area contributed by atoms with Gasteiger partial charge in [-0.25, -0.2) is 4.39 Å². The Labute approximate surface area is 124 Å². The molecule has 0 aliphatic heterocycles. The number of benzene rings is 2. The second-order valence-electron chi connectivity index (χ2n) is 4.32. The number of carbonyl (C=O) groups is 1. The normalized spacial score (nSPS) is 10.9. The first-order valence-electron chi connectivity index (χ1n) is 5.83. The number of carbonyl (C=O) groups excluding carboxylic acids is 1. The Kier molecular flexibility index (Phi) is 3.24. The average Bonchev–Trinajstić information content (AvgIpc) is 2.82. The monoisotopic (exact) mass is 307 g/mol. The molecule has 3 aromatic rings. The van der Waals surface area contributed by atoms with E-state index in [2.05, 4.69) is 4.98 Å². The van der Waals surface area contributed by atoms with E-state index >= 15 is 0 Å². The van der Waals surface area contributed by atoms with Gasteiger partial charge in [-0.3, -0.25) is 4.79 Å². The summed E-state index contributed by atoms with van der Waals surface area (Å²) >= 11 is 12.0. The van der Waals surface area contributed by atoms with Crippen molar-refractivity contribution < 1.29 is 9.18 Å². The number of aromatic amines is 1. The first-order valence-corrected chi connectivity index (χ1v) is 6.59. The molecule has 0 amide bonds. The van der Waals surface area contributed by atoms with E-state index < -0.39 is 11.6 Å². The van der Waals surface area contributed by atoms with Crippen LogP contribution in [0.5, 0.6) is 0 Å². The van der Waals surface area contributed by atoms with Crippen molar-refractivity contribution in [2.75, 3.05) is 0 Å². The fourth-order valence-electron chi connectivity index (χ4n) is 2.15. The number of fused-ring (bicyclic) bond motifs is 1. The minimum absolute atomic E-state index is 0.0133. The van der Waals surface area contributed by atoms with Crippen molar-refractivity contribution in [2.24, 2.45) is 0 Å². The Morgan fingerprint density at radius 1 is 1.10 bits per heavy atom. The SMILES string of the molecule is O=C(c1ccccc1F)c1c[nH]c2cc(Cl)cc(Cl)c12. The maximum atomic E-state index is 13.7. The summed E-state index contributed by atoms with van der Waals surface area (Å²) < 4.78 is 13.7. The summed E-state index contributed by atoms with van der Waals surface area (Å²) in [6, 6.07) is 9.07. The molecule has 0 atom stereocenters. The van der Waals surface area contributed by atoms with E-state index in [1.54, 1.807) is 18.2 Å². The van der Waals surface area contributed by atoms with Gasteiger partial charge in [-0.2, -0.15) is 0 Å². The highest BCUT2D eigenvalue weighted by Gasteiger charge is 2.19. The van der Waals surface area contributed by atoms with Crippen LogP contribution in [0, 0.1) is 5.82 Å². The maximum absolute atomic E-state index is 13.7. The van der Waals surface area contributed by atoms with Gasteiger partial charge < -0.3 is 4.98 Å². The van der Waals surface area contributed by atoms with Gasteiger partial charge in [0, 0.05) is 27.7 Å². The smallest absolute Gasteiger partial charge is 0.198 e. The molecule has 0 fully saturated rings. The van der Waals surface area contributed by atoms with Crippen molar-refractivity contribution in [3.05, 3.63) is 69.6 Å². The van der Waals surface area contributed by atoms with Gasteiger partial charge in [0.1, 0.15) is 5.82 Å². The predicted molar refractivity (Wildman–Crippen MR) is 78.2 cm³/mol. The van der Waals surface area contributed by atoms with Crippen LogP contribution in [-0.4, -0.2) is 10.8 Å². The number of aromatic nitrogens is 1. The lowest BCUT2D eigenvalue weighted by atomic mass is 10.0. The van der Waals surface area contributed by atoms with Crippen LogP contribution in [0.15, 0.2) is 42.6 Å². The van der Waals surface area contributed by atoms with Crippen LogP contribution in [0.25, 0.3) is 10.9 Å². The van der Waals surface area contributed by atoms with E-state index in [1.165, 1.54) is 24.4 Å². The largest absolute Gasteiger partial charge is 0.360 e. The lowest BCUT2D eigenvalue weighted by Crippen LogP contribution is -2.03. The van der Waals surface area contributed by atoms with Gasteiger partial charge in [0.25, 0.3) is 0 Å². The maximum Gasteiger partial charge on any atom is 0.198 e. The first kappa shape index (κ1) is 13.2. The molecule has 1 aromatic heterocycles. The minimum Gasteiger partial charge on any atom is -0.360 e. The molecular weight excluding hydrogens is 300 g/mol. The zero-order chi connectivity index (χ0) is 14.3. The zero-order valence-corrected chi connectivity index (χ0v) is 11.6. The molecule has 5 heteroatoms. The molecule has 1 N–H and O–H groups in total. The Bertz CT molecular complexity index is 826. The van der Waals surface area contributed by atoms with Crippen molar-refractivity contribution in [1.82, 2.24) is 4.98 Å². The van der Waals surface area contributed by atoms with E-state index in [-0.39, 0.29) is 5.56 Å². The van der Waals surface area contributed by atoms with Gasteiger partial charge in [0.05, 0.1) is 10.6 Å². The number of rotatable bonds is 2. The van der Waals surface area contributed by atoms with Crippen molar-refractivity contribution in [2.45, 2.75) is 0 Å². The van der Waals surface area contributed by atoms with Gasteiger partial charge in [0.15, 0.2) is 5.78 Å². The predicted octanol–water partition coefficient (Wildman–Crippen LogP) is 4.84. The van der Waals surface area contributed by atoms with Crippen LogP contribution in [-0.2, 0) is 0 Å². The molecule has 1 heterocycles. The highest BCUT2D eigenvalue weighted by molar-refractivity contribution is 6.40. The lowest BCUT2D eigenvalue weighted by molar-refractivity contribution is 0.103. The van der Waals surface area contributed by atoms with E-state index in [0.29, 0.717) is 26.5 Å². The van der Waals surface area contributed by atoms with Gasteiger partial charge in [0.2, 0.25) is 0 Å². The highest BCUT2D eigenvalue weighted by atomic mass is 35.5. The summed E-state index contributed by atoms with van der Waals surface area (Å²) in [7, 11) is 0. The number of hydrogen-bond donors (Lipinski definition) is 1. The second-order valence-corrected chi connectivity index (χ2v) is 5.17. The molecule has 3 rings (SSSR count). The summed E-state index contributed by atoms with van der Waals surface area (Å²) in [6.07, 6.45) is 1.52. The van der Waals surface area contributed by atoms with Gasteiger partial charge >= 0.3 is 0 Å². The minimum atomic E-state index is -0.558. The average molecular weight is 308 g/mol. The van der Waals surface area contributed by atoms with Gasteiger partial charge in [-0.1, -0.05) is 35.3 Å². The van der Waals surface area contributed by atoms with E-state index in [0.717, 1.165) is 0 Å². The molecule has 2 nitrogen and oxygen atoms in total. The van der Waals surface area contributed by atoms with Crippen LogP contribution in [0.1, 0.15) is 15.9 Å². The molecule has 0 saturated carbocycles.